The first-order valence-corrected chi connectivity index (χ1v) is 9.95. The highest BCUT2D eigenvalue weighted by Crippen LogP contribution is 2.61. The van der Waals surface area contributed by atoms with E-state index in [0.29, 0.717) is 24.9 Å². The number of allylic oxidation sites excluding steroid dienone is 1. The maximum absolute atomic E-state index is 12.9. The van der Waals surface area contributed by atoms with Gasteiger partial charge >= 0.3 is 7.60 Å². The van der Waals surface area contributed by atoms with E-state index in [2.05, 4.69) is 18.7 Å². The van der Waals surface area contributed by atoms with Crippen LogP contribution in [0.3, 0.4) is 0 Å². The smallest absolute Gasteiger partial charge is 0.360 e. The molecule has 0 saturated carbocycles. The quantitative estimate of drug-likeness (QED) is 0.677. The summed E-state index contributed by atoms with van der Waals surface area (Å²) < 4.78 is 29.9. The van der Waals surface area contributed by atoms with Gasteiger partial charge in [0.15, 0.2) is 6.23 Å². The van der Waals surface area contributed by atoms with E-state index in [1.165, 1.54) is 19.3 Å². The fourth-order valence-electron chi connectivity index (χ4n) is 3.36. The maximum atomic E-state index is 12.9. The third-order valence-electron chi connectivity index (χ3n) is 4.31. The number of likely N-dealkylation sites (tertiary alicyclic amines) is 1. The molecule has 128 valence electrons. The van der Waals surface area contributed by atoms with Crippen LogP contribution in [0.2, 0.25) is 0 Å². The molecular weight excluding hydrogens is 301 g/mol. The van der Waals surface area contributed by atoms with Crippen molar-refractivity contribution in [3.05, 3.63) is 11.6 Å². The van der Waals surface area contributed by atoms with Crippen LogP contribution in [0, 0.1) is 5.41 Å². The Morgan fingerprint density at radius 1 is 1.23 bits per heavy atom. The van der Waals surface area contributed by atoms with Crippen molar-refractivity contribution in [3.63, 3.8) is 0 Å². The largest absolute Gasteiger partial charge is 0.482 e. The number of rotatable bonds is 6. The van der Waals surface area contributed by atoms with E-state index in [0.717, 1.165) is 13.1 Å². The first-order valence-electron chi connectivity index (χ1n) is 8.41. The number of hydrogen-bond acceptors (Lipinski definition) is 5. The van der Waals surface area contributed by atoms with Gasteiger partial charge in [-0.05, 0) is 33.1 Å². The highest BCUT2D eigenvalue weighted by Gasteiger charge is 2.44. The molecule has 2 aliphatic rings. The molecule has 1 fully saturated rings. The lowest BCUT2D eigenvalue weighted by Crippen LogP contribution is -2.50. The zero-order chi connectivity index (χ0) is 16.2. The molecule has 6 heteroatoms. The lowest BCUT2D eigenvalue weighted by Gasteiger charge is -2.45. The number of nitrogens with zero attached hydrogens (tertiary/aromatic N) is 1. The van der Waals surface area contributed by atoms with Crippen molar-refractivity contribution in [2.24, 2.45) is 5.41 Å². The van der Waals surface area contributed by atoms with Gasteiger partial charge in [0.2, 0.25) is 0 Å². The van der Waals surface area contributed by atoms with Gasteiger partial charge in [0.05, 0.1) is 24.8 Å². The molecule has 2 rings (SSSR count). The van der Waals surface area contributed by atoms with Crippen LogP contribution < -0.4 is 0 Å². The average molecular weight is 331 g/mol. The number of hydrogen-bond donors (Lipinski definition) is 0. The molecule has 0 aliphatic carbocycles. The molecule has 1 unspecified atom stereocenters. The van der Waals surface area contributed by atoms with Crippen molar-refractivity contribution in [1.29, 1.82) is 0 Å². The van der Waals surface area contributed by atoms with E-state index in [1.54, 1.807) is 6.26 Å². The SMILES string of the molecule is CCOP(=O)(OCC)C1=COC(N2CCCCC2)C(C)(C)C1. The molecule has 2 heterocycles. The third kappa shape index (κ3) is 3.94. The van der Waals surface area contributed by atoms with Gasteiger partial charge in [-0.3, -0.25) is 9.46 Å². The monoisotopic (exact) mass is 331 g/mol. The summed E-state index contributed by atoms with van der Waals surface area (Å²) in [4.78, 5) is 2.41. The van der Waals surface area contributed by atoms with Gasteiger partial charge in [-0.15, -0.1) is 0 Å². The van der Waals surface area contributed by atoms with Crippen molar-refractivity contribution < 1.29 is 18.3 Å². The Kier molecular flexibility index (Phi) is 6.12. The van der Waals surface area contributed by atoms with Crippen LogP contribution in [-0.2, 0) is 18.3 Å². The van der Waals surface area contributed by atoms with Gasteiger partial charge in [-0.2, -0.15) is 0 Å². The van der Waals surface area contributed by atoms with E-state index >= 15 is 0 Å². The van der Waals surface area contributed by atoms with E-state index in [9.17, 15) is 4.57 Å². The predicted molar refractivity (Wildman–Crippen MR) is 87.6 cm³/mol. The molecule has 22 heavy (non-hydrogen) atoms. The Morgan fingerprint density at radius 2 is 1.82 bits per heavy atom. The summed E-state index contributed by atoms with van der Waals surface area (Å²) in [6.45, 7) is 10.9. The van der Waals surface area contributed by atoms with Crippen molar-refractivity contribution in [2.75, 3.05) is 26.3 Å². The Morgan fingerprint density at radius 3 is 2.32 bits per heavy atom. The highest BCUT2D eigenvalue weighted by molar-refractivity contribution is 7.58. The Balaban J connectivity index is 2.16. The first kappa shape index (κ1) is 18.0. The molecule has 0 spiro atoms. The van der Waals surface area contributed by atoms with Gasteiger partial charge in [0, 0.05) is 18.5 Å². The van der Waals surface area contributed by atoms with E-state index < -0.39 is 7.60 Å². The van der Waals surface area contributed by atoms with Crippen molar-refractivity contribution in [1.82, 2.24) is 4.90 Å². The van der Waals surface area contributed by atoms with Gasteiger partial charge < -0.3 is 13.8 Å². The van der Waals surface area contributed by atoms with E-state index in [1.807, 2.05) is 13.8 Å². The normalized spacial score (nSPS) is 26.4. The van der Waals surface area contributed by atoms with Crippen molar-refractivity contribution in [2.45, 2.75) is 59.6 Å². The van der Waals surface area contributed by atoms with Crippen LogP contribution in [-0.4, -0.2) is 37.4 Å². The van der Waals surface area contributed by atoms with E-state index in [4.69, 9.17) is 13.8 Å². The van der Waals surface area contributed by atoms with Crippen LogP contribution in [0.15, 0.2) is 11.6 Å². The Hall–Kier alpha value is -0.350. The molecule has 0 aromatic rings. The van der Waals surface area contributed by atoms with Crippen LogP contribution in [0.1, 0.15) is 53.4 Å². The molecule has 0 bridgehead atoms. The molecule has 1 saturated heterocycles. The minimum Gasteiger partial charge on any atom is -0.482 e. The molecule has 2 aliphatic heterocycles. The topological polar surface area (TPSA) is 48.0 Å². The summed E-state index contributed by atoms with van der Waals surface area (Å²) in [5, 5.41) is 0.662. The zero-order valence-electron chi connectivity index (χ0n) is 14.3. The summed E-state index contributed by atoms with van der Waals surface area (Å²) in [6, 6.07) is 0. The minimum atomic E-state index is -3.22. The lowest BCUT2D eigenvalue weighted by atomic mass is 9.84. The van der Waals surface area contributed by atoms with Crippen LogP contribution >= 0.6 is 7.60 Å². The van der Waals surface area contributed by atoms with Gasteiger partial charge in [0.1, 0.15) is 0 Å². The zero-order valence-corrected chi connectivity index (χ0v) is 15.2. The van der Waals surface area contributed by atoms with Crippen LogP contribution in [0.5, 0.6) is 0 Å². The molecule has 0 amide bonds. The molecular formula is C16H30NO4P. The molecule has 0 radical (unpaired) electrons. The summed E-state index contributed by atoms with van der Waals surface area (Å²) in [7, 11) is -3.22. The summed E-state index contributed by atoms with van der Waals surface area (Å²) in [5.41, 5.74) is -0.120. The predicted octanol–water partition coefficient (Wildman–Crippen LogP) is 4.35. The lowest BCUT2D eigenvalue weighted by molar-refractivity contribution is -0.103. The summed E-state index contributed by atoms with van der Waals surface area (Å²) in [6.07, 6.45) is 6.09. The second-order valence-electron chi connectivity index (χ2n) is 6.69. The first-order chi connectivity index (χ1) is 10.4. The fourth-order valence-corrected chi connectivity index (χ4v) is 5.24. The van der Waals surface area contributed by atoms with Gasteiger partial charge in [0.25, 0.3) is 0 Å². The van der Waals surface area contributed by atoms with Crippen LogP contribution in [0.4, 0.5) is 0 Å². The average Bonchev–Trinajstić information content (AvgIpc) is 2.47. The minimum absolute atomic E-state index is 0.0354. The van der Waals surface area contributed by atoms with Gasteiger partial charge in [-0.1, -0.05) is 20.3 Å². The van der Waals surface area contributed by atoms with Crippen LogP contribution in [0.25, 0.3) is 0 Å². The van der Waals surface area contributed by atoms with Crippen molar-refractivity contribution in [3.8, 4) is 0 Å². The standard InChI is InChI=1S/C16H30NO4P/c1-5-20-22(18,21-6-2)14-12-16(3,4)15(19-13-14)17-10-8-7-9-11-17/h13,15H,5-12H2,1-4H3. The fraction of sp³-hybridized carbons (Fsp3) is 0.875. The number of piperidine rings is 1. The Bertz CT molecular complexity index is 433. The second-order valence-corrected chi connectivity index (χ2v) is 8.78. The summed E-state index contributed by atoms with van der Waals surface area (Å²) in [5.74, 6) is 0. The molecule has 5 nitrogen and oxygen atoms in total. The van der Waals surface area contributed by atoms with Gasteiger partial charge in [-0.25, -0.2) is 0 Å². The maximum Gasteiger partial charge on any atom is 0.360 e. The highest BCUT2D eigenvalue weighted by atomic mass is 31.2. The molecule has 0 aromatic heterocycles. The molecule has 1 atom stereocenters. The number of ether oxygens (including phenoxy) is 1. The third-order valence-corrected chi connectivity index (χ3v) is 6.47. The molecule has 0 N–H and O–H groups in total. The Labute approximate surface area is 134 Å². The molecule has 0 aromatic carbocycles. The van der Waals surface area contributed by atoms with E-state index in [-0.39, 0.29) is 11.6 Å². The van der Waals surface area contributed by atoms with Crippen molar-refractivity contribution >= 4 is 7.60 Å². The second kappa shape index (κ2) is 7.48. The summed E-state index contributed by atoms with van der Waals surface area (Å²) >= 11 is 0.